The highest BCUT2D eigenvalue weighted by molar-refractivity contribution is 7.92. The fourth-order valence-corrected chi connectivity index (χ4v) is 5.50. The Morgan fingerprint density at radius 1 is 0.927 bits per heavy atom. The molecular weight excluding hydrogens is 565 g/mol. The summed E-state index contributed by atoms with van der Waals surface area (Å²) in [6.45, 7) is 5.75. The number of carbonyl (C=O) groups is 2. The fourth-order valence-electron chi connectivity index (χ4n) is 4.40. The van der Waals surface area contributed by atoms with Gasteiger partial charge in [0.05, 0.1) is 11.9 Å². The number of sulfonamides is 1. The van der Waals surface area contributed by atoms with Gasteiger partial charge in [0.2, 0.25) is 21.8 Å². The highest BCUT2D eigenvalue weighted by Gasteiger charge is 2.32. The van der Waals surface area contributed by atoms with Crippen LogP contribution in [0.1, 0.15) is 44.7 Å². The Morgan fingerprint density at radius 3 is 2.10 bits per heavy atom. The van der Waals surface area contributed by atoms with Crippen LogP contribution in [0.2, 0.25) is 5.02 Å². The van der Waals surface area contributed by atoms with Gasteiger partial charge in [0.25, 0.3) is 0 Å². The lowest BCUT2D eigenvalue weighted by Crippen LogP contribution is -2.54. The fraction of sp³-hybridized carbons (Fsp3) is 0.355. The van der Waals surface area contributed by atoms with E-state index in [4.69, 9.17) is 11.6 Å². The smallest absolute Gasteiger partial charge is 0.243 e. The van der Waals surface area contributed by atoms with Gasteiger partial charge in [-0.3, -0.25) is 13.9 Å². The largest absolute Gasteiger partial charge is 0.350 e. The van der Waals surface area contributed by atoms with Gasteiger partial charge < -0.3 is 10.2 Å². The molecule has 0 saturated carbocycles. The van der Waals surface area contributed by atoms with Crippen LogP contribution >= 0.6 is 11.6 Å². The topological polar surface area (TPSA) is 86.8 Å². The van der Waals surface area contributed by atoms with Gasteiger partial charge in [0.15, 0.2) is 0 Å². The Morgan fingerprint density at radius 2 is 1.54 bits per heavy atom. The van der Waals surface area contributed by atoms with Crippen molar-refractivity contribution in [3.05, 3.63) is 101 Å². The summed E-state index contributed by atoms with van der Waals surface area (Å²) in [4.78, 5) is 28.9. The predicted molar refractivity (Wildman–Crippen MR) is 162 cm³/mol. The first-order chi connectivity index (χ1) is 19.2. The first-order valence-corrected chi connectivity index (χ1v) is 15.6. The summed E-state index contributed by atoms with van der Waals surface area (Å²) < 4.78 is 40.0. The molecule has 10 heteroatoms. The molecule has 41 heavy (non-hydrogen) atoms. The molecular formula is C31H37ClFN3O4S. The number of hydrogen-bond donors (Lipinski definition) is 1. The number of nitrogens with one attached hydrogen (secondary N) is 1. The van der Waals surface area contributed by atoms with E-state index < -0.39 is 27.4 Å². The van der Waals surface area contributed by atoms with E-state index in [9.17, 15) is 22.4 Å². The standard InChI is InChI=1S/C31H37ClFN3O4S/c1-31(2,3)34-30(38)28(21-23-9-6-5-7-10-23)35(22-24-12-16-26(33)17-13-24)29(37)11-8-20-36(41(4,39)40)27-18-14-25(32)15-19-27/h5-7,9-10,12-19,28H,8,11,20-22H2,1-4H3,(H,34,38)/t28-/m0/s1. The third-order valence-corrected chi connectivity index (χ3v) is 7.75. The van der Waals surface area contributed by atoms with Gasteiger partial charge >= 0.3 is 0 Å². The first kappa shape index (κ1) is 32.1. The van der Waals surface area contributed by atoms with Crippen LogP contribution in [0.5, 0.6) is 0 Å². The van der Waals surface area contributed by atoms with Crippen molar-refractivity contribution in [3.63, 3.8) is 0 Å². The molecule has 0 saturated heterocycles. The molecule has 0 radical (unpaired) electrons. The third-order valence-electron chi connectivity index (χ3n) is 6.30. The minimum absolute atomic E-state index is 0.00507. The summed E-state index contributed by atoms with van der Waals surface area (Å²) in [7, 11) is -3.63. The Bertz CT molecular complexity index is 1410. The number of amides is 2. The Labute approximate surface area is 247 Å². The normalized spacial score (nSPS) is 12.4. The SMILES string of the molecule is CC(C)(C)NC(=O)[C@H](Cc1ccccc1)N(Cc1ccc(F)cc1)C(=O)CCCN(c1ccc(Cl)cc1)S(C)(=O)=O. The molecule has 0 aliphatic heterocycles. The Hall–Kier alpha value is -3.43. The minimum Gasteiger partial charge on any atom is -0.350 e. The van der Waals surface area contributed by atoms with Crippen molar-refractivity contribution in [1.82, 2.24) is 10.2 Å². The zero-order valence-corrected chi connectivity index (χ0v) is 25.4. The van der Waals surface area contributed by atoms with Crippen molar-refractivity contribution in [2.45, 2.75) is 58.2 Å². The maximum Gasteiger partial charge on any atom is 0.243 e. The molecule has 0 aromatic heterocycles. The number of carbonyl (C=O) groups excluding carboxylic acids is 2. The molecule has 0 aliphatic rings. The van der Waals surface area contributed by atoms with Gasteiger partial charge in [-0.1, -0.05) is 54.1 Å². The number of hydrogen-bond acceptors (Lipinski definition) is 4. The number of anilines is 1. The molecule has 0 spiro atoms. The van der Waals surface area contributed by atoms with Crippen molar-refractivity contribution in [2.24, 2.45) is 0 Å². The van der Waals surface area contributed by atoms with Crippen LogP contribution in [0.4, 0.5) is 10.1 Å². The van der Waals surface area contributed by atoms with E-state index >= 15 is 0 Å². The minimum atomic E-state index is -3.63. The second-order valence-electron chi connectivity index (χ2n) is 11.0. The third kappa shape index (κ3) is 10.2. The summed E-state index contributed by atoms with van der Waals surface area (Å²) in [6.07, 6.45) is 1.59. The summed E-state index contributed by atoms with van der Waals surface area (Å²) >= 11 is 5.97. The highest BCUT2D eigenvalue weighted by Crippen LogP contribution is 2.22. The van der Waals surface area contributed by atoms with Crippen molar-refractivity contribution in [1.29, 1.82) is 0 Å². The van der Waals surface area contributed by atoms with Crippen LogP contribution in [-0.2, 0) is 32.6 Å². The lowest BCUT2D eigenvalue weighted by atomic mass is 10.00. The van der Waals surface area contributed by atoms with Gasteiger partial charge in [0, 0.05) is 36.5 Å². The molecule has 0 heterocycles. The second-order valence-corrected chi connectivity index (χ2v) is 13.4. The first-order valence-electron chi connectivity index (χ1n) is 13.4. The number of halogens is 2. The number of benzene rings is 3. The van der Waals surface area contributed by atoms with Crippen molar-refractivity contribution < 1.29 is 22.4 Å². The quantitative estimate of drug-likeness (QED) is 0.294. The van der Waals surface area contributed by atoms with Gasteiger partial charge in [-0.15, -0.1) is 0 Å². The molecule has 1 atom stereocenters. The average molecular weight is 602 g/mol. The van der Waals surface area contributed by atoms with E-state index in [0.29, 0.717) is 16.3 Å². The number of rotatable bonds is 12. The van der Waals surface area contributed by atoms with Gasteiger partial charge in [-0.2, -0.15) is 0 Å². The summed E-state index contributed by atoms with van der Waals surface area (Å²) in [5.41, 5.74) is 1.45. The molecule has 3 aromatic rings. The highest BCUT2D eigenvalue weighted by atomic mass is 35.5. The molecule has 7 nitrogen and oxygen atoms in total. The van der Waals surface area contributed by atoms with Crippen molar-refractivity contribution in [2.75, 3.05) is 17.1 Å². The van der Waals surface area contributed by atoms with E-state index in [1.807, 2.05) is 51.1 Å². The Balaban J connectivity index is 1.89. The lowest BCUT2D eigenvalue weighted by Gasteiger charge is -2.34. The van der Waals surface area contributed by atoms with Gasteiger partial charge in [-0.05, 0) is 74.7 Å². The predicted octanol–water partition coefficient (Wildman–Crippen LogP) is 5.58. The summed E-state index contributed by atoms with van der Waals surface area (Å²) in [5, 5.41) is 3.48. The van der Waals surface area contributed by atoms with E-state index in [2.05, 4.69) is 5.32 Å². The van der Waals surface area contributed by atoms with Gasteiger partial charge in [-0.25, -0.2) is 12.8 Å². The maximum absolute atomic E-state index is 13.8. The van der Waals surface area contributed by atoms with Crippen LogP contribution in [-0.4, -0.2) is 49.5 Å². The zero-order valence-electron chi connectivity index (χ0n) is 23.8. The Kier molecular flexibility index (Phi) is 10.9. The van der Waals surface area contributed by atoms with Gasteiger partial charge in [0.1, 0.15) is 11.9 Å². The van der Waals surface area contributed by atoms with E-state index in [1.165, 1.54) is 21.3 Å². The molecule has 1 N–H and O–H groups in total. The van der Waals surface area contributed by atoms with Crippen molar-refractivity contribution in [3.8, 4) is 0 Å². The zero-order chi connectivity index (χ0) is 30.2. The van der Waals surface area contributed by atoms with E-state index in [0.717, 1.165) is 11.8 Å². The van der Waals surface area contributed by atoms with E-state index in [1.54, 1.807) is 36.4 Å². The van der Waals surface area contributed by atoms with E-state index in [-0.39, 0.29) is 44.2 Å². The van der Waals surface area contributed by atoms with Crippen LogP contribution in [0, 0.1) is 5.82 Å². The molecule has 0 fully saturated rings. The molecule has 2 amide bonds. The van der Waals surface area contributed by atoms with Crippen LogP contribution in [0.15, 0.2) is 78.9 Å². The molecule has 0 aliphatic carbocycles. The molecule has 3 rings (SSSR count). The summed E-state index contributed by atoms with van der Waals surface area (Å²) in [5.74, 6) is -1.03. The lowest BCUT2D eigenvalue weighted by molar-refractivity contribution is -0.142. The summed E-state index contributed by atoms with van der Waals surface area (Å²) in [6, 6.07) is 20.8. The maximum atomic E-state index is 13.8. The van der Waals surface area contributed by atoms with Crippen molar-refractivity contribution >= 4 is 39.1 Å². The molecule has 0 unspecified atom stereocenters. The molecule has 0 bridgehead atoms. The molecule has 3 aromatic carbocycles. The average Bonchev–Trinajstić information content (AvgIpc) is 2.89. The second kappa shape index (κ2) is 14.0. The molecule has 220 valence electrons. The monoisotopic (exact) mass is 601 g/mol. The van der Waals surface area contributed by atoms with Crippen LogP contribution < -0.4 is 9.62 Å². The van der Waals surface area contributed by atoms with Crippen LogP contribution in [0.3, 0.4) is 0 Å². The number of nitrogens with zero attached hydrogens (tertiary/aromatic N) is 2. The van der Waals surface area contributed by atoms with Crippen LogP contribution in [0.25, 0.3) is 0 Å².